The van der Waals surface area contributed by atoms with Gasteiger partial charge in [0.1, 0.15) is 5.75 Å². The fraction of sp³-hybridized carbons (Fsp3) is 0.467. The molecule has 1 aromatic carbocycles. The van der Waals surface area contributed by atoms with Gasteiger partial charge in [-0.3, -0.25) is 0 Å². The predicted molar refractivity (Wildman–Crippen MR) is 86.5 cm³/mol. The quantitative estimate of drug-likeness (QED) is 0.893. The fourth-order valence-corrected chi connectivity index (χ4v) is 5.98. The summed E-state index contributed by atoms with van der Waals surface area (Å²) in [5.74, 6) is -0.127. The van der Waals surface area contributed by atoms with Crippen LogP contribution >= 0.6 is 0 Å². The highest BCUT2D eigenvalue weighted by Crippen LogP contribution is 2.51. The van der Waals surface area contributed by atoms with Crippen molar-refractivity contribution >= 4 is 26.2 Å². The molecule has 2 N–H and O–H groups in total. The maximum Gasteiger partial charge on any atom is 0.380 e. The number of hydrogen-bond donors (Lipinski definition) is 1. The van der Waals surface area contributed by atoms with Crippen molar-refractivity contribution in [3.05, 3.63) is 28.7 Å². The van der Waals surface area contributed by atoms with E-state index in [2.05, 4.69) is 18.0 Å². The molecule has 6 nitrogen and oxygen atoms in total. The molecule has 126 valence electrons. The van der Waals surface area contributed by atoms with Crippen LogP contribution in [0.15, 0.2) is 28.0 Å². The molecule has 1 saturated carbocycles. The summed E-state index contributed by atoms with van der Waals surface area (Å²) in [5, 5.41) is 4.83. The van der Waals surface area contributed by atoms with E-state index in [1.807, 2.05) is 0 Å². The minimum atomic E-state index is -4.19. The lowest BCUT2D eigenvalue weighted by atomic mass is 9.81. The van der Waals surface area contributed by atoms with Crippen LogP contribution in [0.1, 0.15) is 38.7 Å². The Bertz CT molecular complexity index is 898. The van der Waals surface area contributed by atoms with Crippen LogP contribution in [-0.4, -0.2) is 16.8 Å². The number of rotatable bonds is 3. The summed E-state index contributed by atoms with van der Waals surface area (Å²) in [6, 6.07) is 4.17. The first kappa shape index (κ1) is 16.5. The van der Waals surface area contributed by atoms with Crippen molar-refractivity contribution in [1.82, 2.24) is 0 Å². The van der Waals surface area contributed by atoms with E-state index >= 15 is 0 Å². The highest BCUT2D eigenvalue weighted by Gasteiger charge is 2.44. The Morgan fingerprint density at radius 3 is 2.57 bits per heavy atom. The molecule has 1 heterocycles. The van der Waals surface area contributed by atoms with Crippen molar-refractivity contribution in [2.75, 3.05) is 0 Å². The lowest BCUT2D eigenvalue weighted by Gasteiger charge is -2.27. The Morgan fingerprint density at radius 1 is 1.30 bits per heavy atom. The summed E-state index contributed by atoms with van der Waals surface area (Å²) in [6.45, 7) is 4.17. The van der Waals surface area contributed by atoms with Crippen LogP contribution < -0.4 is 9.32 Å². The van der Waals surface area contributed by atoms with E-state index in [-0.39, 0.29) is 22.0 Å². The van der Waals surface area contributed by atoms with Gasteiger partial charge in [0, 0.05) is 12.0 Å². The Kier molecular flexibility index (Phi) is 3.62. The third-order valence-electron chi connectivity index (χ3n) is 4.70. The van der Waals surface area contributed by atoms with Crippen LogP contribution in [0.3, 0.4) is 0 Å². The van der Waals surface area contributed by atoms with E-state index in [0.29, 0.717) is 10.5 Å². The molecule has 3 rings (SSSR count). The molecule has 1 atom stereocenters. The minimum Gasteiger partial charge on any atom is -0.371 e. The zero-order chi connectivity index (χ0) is 17.0. The van der Waals surface area contributed by atoms with Crippen molar-refractivity contribution < 1.29 is 21.0 Å². The zero-order valence-electron chi connectivity index (χ0n) is 12.9. The van der Waals surface area contributed by atoms with E-state index in [9.17, 15) is 16.8 Å². The SMILES string of the molecule is CC1(C)CCCC1C1=Cc2ccc(OS(N)(=O)=O)cc2S1(=O)=O. The van der Waals surface area contributed by atoms with Gasteiger partial charge in [0.05, 0.1) is 9.80 Å². The smallest absolute Gasteiger partial charge is 0.371 e. The summed E-state index contributed by atoms with van der Waals surface area (Å²) >= 11 is 0. The fourth-order valence-electron chi connectivity index (χ4n) is 3.55. The first-order valence-corrected chi connectivity index (χ1v) is 10.3. The van der Waals surface area contributed by atoms with E-state index in [0.717, 1.165) is 19.3 Å². The molecule has 23 heavy (non-hydrogen) atoms. The van der Waals surface area contributed by atoms with Gasteiger partial charge in [0.25, 0.3) is 0 Å². The summed E-state index contributed by atoms with van der Waals surface area (Å²) < 4.78 is 52.4. The van der Waals surface area contributed by atoms with Crippen LogP contribution in [0.4, 0.5) is 0 Å². The van der Waals surface area contributed by atoms with Crippen molar-refractivity contribution in [3.8, 4) is 5.75 Å². The molecule has 1 fully saturated rings. The Labute approximate surface area is 136 Å². The lowest BCUT2D eigenvalue weighted by Crippen LogP contribution is -2.22. The Hall–Kier alpha value is -1.38. The summed E-state index contributed by atoms with van der Waals surface area (Å²) in [6.07, 6.45) is 4.52. The molecule has 0 amide bonds. The molecule has 1 aliphatic carbocycles. The van der Waals surface area contributed by atoms with Gasteiger partial charge in [-0.25, -0.2) is 8.42 Å². The number of benzene rings is 1. The van der Waals surface area contributed by atoms with Gasteiger partial charge in [-0.15, -0.1) is 0 Å². The predicted octanol–water partition coefficient (Wildman–Crippen LogP) is 2.22. The summed E-state index contributed by atoms with van der Waals surface area (Å²) in [4.78, 5) is 0.499. The molecule has 1 unspecified atom stereocenters. The van der Waals surface area contributed by atoms with Crippen LogP contribution in [0.25, 0.3) is 6.08 Å². The topological polar surface area (TPSA) is 104 Å². The van der Waals surface area contributed by atoms with Gasteiger partial charge in [-0.2, -0.15) is 13.6 Å². The van der Waals surface area contributed by atoms with E-state index in [4.69, 9.17) is 5.14 Å². The normalized spacial score (nSPS) is 25.0. The Morgan fingerprint density at radius 2 is 2.00 bits per heavy atom. The maximum absolute atomic E-state index is 12.9. The molecule has 0 radical (unpaired) electrons. The molecule has 2 aliphatic rings. The molecule has 0 bridgehead atoms. The maximum atomic E-state index is 12.9. The van der Waals surface area contributed by atoms with E-state index < -0.39 is 20.1 Å². The van der Waals surface area contributed by atoms with Gasteiger partial charge in [0.15, 0.2) is 0 Å². The van der Waals surface area contributed by atoms with Crippen LogP contribution in [-0.2, 0) is 20.1 Å². The highest BCUT2D eigenvalue weighted by atomic mass is 32.2. The average Bonchev–Trinajstić information content (AvgIpc) is 2.85. The average molecular weight is 357 g/mol. The number of nitrogens with two attached hydrogens (primary N) is 1. The van der Waals surface area contributed by atoms with Crippen LogP contribution in [0.2, 0.25) is 0 Å². The second kappa shape index (κ2) is 5.06. The molecule has 0 aromatic heterocycles. The van der Waals surface area contributed by atoms with Gasteiger partial charge < -0.3 is 4.18 Å². The first-order valence-electron chi connectivity index (χ1n) is 7.34. The second-order valence-corrected chi connectivity index (χ2v) is 9.83. The molecule has 1 aromatic rings. The third-order valence-corrected chi connectivity index (χ3v) is 7.08. The van der Waals surface area contributed by atoms with Gasteiger partial charge in [0.2, 0.25) is 9.84 Å². The van der Waals surface area contributed by atoms with Crippen molar-refractivity contribution in [1.29, 1.82) is 0 Å². The first-order chi connectivity index (χ1) is 10.5. The molecular weight excluding hydrogens is 338 g/mol. The van der Waals surface area contributed by atoms with E-state index in [1.54, 1.807) is 12.1 Å². The van der Waals surface area contributed by atoms with Crippen molar-refractivity contribution in [2.45, 2.75) is 38.0 Å². The van der Waals surface area contributed by atoms with E-state index in [1.165, 1.54) is 12.1 Å². The number of allylic oxidation sites excluding steroid dienone is 1. The largest absolute Gasteiger partial charge is 0.380 e. The molecule has 0 saturated heterocycles. The number of sulfone groups is 1. The molecular formula is C15H19NO5S2. The molecule has 1 aliphatic heterocycles. The monoisotopic (exact) mass is 357 g/mol. The highest BCUT2D eigenvalue weighted by molar-refractivity contribution is 7.95. The van der Waals surface area contributed by atoms with Crippen LogP contribution in [0, 0.1) is 11.3 Å². The van der Waals surface area contributed by atoms with Crippen molar-refractivity contribution in [3.63, 3.8) is 0 Å². The molecule has 8 heteroatoms. The minimum absolute atomic E-state index is 0.0255. The lowest BCUT2D eigenvalue weighted by molar-refractivity contribution is 0.305. The summed E-state index contributed by atoms with van der Waals surface area (Å²) in [7, 11) is -7.82. The number of fused-ring (bicyclic) bond motifs is 1. The van der Waals surface area contributed by atoms with Crippen LogP contribution in [0.5, 0.6) is 5.75 Å². The third kappa shape index (κ3) is 2.90. The molecule has 0 spiro atoms. The number of hydrogen-bond acceptors (Lipinski definition) is 5. The Balaban J connectivity index is 2.03. The summed E-state index contributed by atoms with van der Waals surface area (Å²) in [5.41, 5.74) is 0.491. The van der Waals surface area contributed by atoms with Gasteiger partial charge >= 0.3 is 10.3 Å². The second-order valence-electron chi connectivity index (χ2n) is 6.76. The van der Waals surface area contributed by atoms with Gasteiger partial charge in [-0.05, 0) is 42.0 Å². The standard InChI is InChI=1S/C15H19NO5S2/c1-15(2)7-3-4-12(15)14-8-10-5-6-11(21-23(16,19)20)9-13(10)22(14,17)18/h5-6,8-9,12H,3-4,7H2,1-2H3,(H2,16,19,20). The van der Waals surface area contributed by atoms with Gasteiger partial charge in [-0.1, -0.05) is 20.3 Å². The van der Waals surface area contributed by atoms with Crippen molar-refractivity contribution in [2.24, 2.45) is 16.5 Å². The zero-order valence-corrected chi connectivity index (χ0v) is 14.6.